The molecule has 3 heterocycles. The summed E-state index contributed by atoms with van der Waals surface area (Å²) in [7, 11) is -4.40. The van der Waals surface area contributed by atoms with Crippen molar-refractivity contribution in [3.63, 3.8) is 0 Å². The van der Waals surface area contributed by atoms with E-state index < -0.39 is 10.1 Å². The van der Waals surface area contributed by atoms with Gasteiger partial charge in [-0.15, -0.1) is 0 Å². The topological polar surface area (TPSA) is 142 Å². The Bertz CT molecular complexity index is 1680. The summed E-state index contributed by atoms with van der Waals surface area (Å²) in [5.41, 5.74) is 9.83. The van der Waals surface area contributed by atoms with E-state index in [0.29, 0.717) is 44.5 Å². The third kappa shape index (κ3) is 3.59. The van der Waals surface area contributed by atoms with Crippen LogP contribution in [0.3, 0.4) is 0 Å². The Morgan fingerprint density at radius 2 is 1.59 bits per heavy atom. The van der Waals surface area contributed by atoms with Crippen molar-refractivity contribution < 1.29 is 13.0 Å². The molecule has 5 rings (SSSR count). The van der Waals surface area contributed by atoms with Gasteiger partial charge in [-0.05, 0) is 44.2 Å². The number of nitrogens with two attached hydrogens (primary N) is 1. The first-order valence-corrected chi connectivity index (χ1v) is 11.9. The predicted octanol–water partition coefficient (Wildman–Crippen LogP) is 3.77. The van der Waals surface area contributed by atoms with Crippen LogP contribution in [0.5, 0.6) is 0 Å². The van der Waals surface area contributed by atoms with Gasteiger partial charge in [0.2, 0.25) is 5.95 Å². The molecule has 0 radical (unpaired) electrons. The Kier molecular flexibility index (Phi) is 5.12. The highest BCUT2D eigenvalue weighted by Crippen LogP contribution is 2.37. The molecule has 3 aromatic heterocycles. The molecule has 3 N–H and O–H groups in total. The van der Waals surface area contributed by atoms with E-state index in [-0.39, 0.29) is 10.8 Å². The smallest absolute Gasteiger partial charge is 0.294 e. The van der Waals surface area contributed by atoms with Crippen LogP contribution >= 0.6 is 11.6 Å². The quantitative estimate of drug-likeness (QED) is 0.359. The molecule has 0 aliphatic rings. The molecule has 0 aliphatic heterocycles. The van der Waals surface area contributed by atoms with Gasteiger partial charge in [0, 0.05) is 0 Å². The number of anilines is 1. The number of hydrogen-bond donors (Lipinski definition) is 2. The summed E-state index contributed by atoms with van der Waals surface area (Å²) in [5.74, 6) is -0.0162. The summed E-state index contributed by atoms with van der Waals surface area (Å²) in [4.78, 5) is 8.56. The number of fused-ring (bicyclic) bond motifs is 1. The van der Waals surface area contributed by atoms with Crippen molar-refractivity contribution in [2.45, 2.75) is 18.7 Å². The highest BCUT2D eigenvalue weighted by Gasteiger charge is 2.25. The fourth-order valence-electron chi connectivity index (χ4n) is 3.84. The summed E-state index contributed by atoms with van der Waals surface area (Å²) in [6.07, 6.45) is 0. The summed E-state index contributed by atoms with van der Waals surface area (Å²) < 4.78 is 35.8. The van der Waals surface area contributed by atoms with Gasteiger partial charge in [0.05, 0.1) is 44.3 Å². The first-order valence-electron chi connectivity index (χ1n) is 10.1. The van der Waals surface area contributed by atoms with Crippen molar-refractivity contribution >= 4 is 38.7 Å². The molecule has 0 saturated carbocycles. The zero-order valence-corrected chi connectivity index (χ0v) is 19.6. The van der Waals surface area contributed by atoms with E-state index in [2.05, 4.69) is 20.2 Å². The molecule has 0 saturated heterocycles. The molecule has 0 bridgehead atoms. The maximum atomic E-state index is 11.6. The van der Waals surface area contributed by atoms with Gasteiger partial charge in [0.25, 0.3) is 10.1 Å². The summed E-state index contributed by atoms with van der Waals surface area (Å²) in [5, 5.41) is 10.1. The molecule has 172 valence electrons. The van der Waals surface area contributed by atoms with Crippen LogP contribution in [0, 0.1) is 13.8 Å². The van der Waals surface area contributed by atoms with Crippen LogP contribution < -0.4 is 5.73 Å². The molecule has 0 aliphatic carbocycles. The Balaban J connectivity index is 1.77. The number of rotatable bonds is 4. The average molecular weight is 496 g/mol. The fourth-order valence-corrected chi connectivity index (χ4v) is 4.73. The molecule has 0 unspecified atom stereocenters. The van der Waals surface area contributed by atoms with Crippen LogP contribution in [0.1, 0.15) is 11.4 Å². The SMILES string of the molecule is Cc1nn(-c2ccccc2)c(Cl)c1-c1nc(N)nc2c1c(C)nn2-c1cccc(S(=O)(=O)O)c1. The van der Waals surface area contributed by atoms with E-state index in [9.17, 15) is 13.0 Å². The number of nitrogen functional groups attached to an aromatic ring is 1. The maximum absolute atomic E-state index is 11.6. The van der Waals surface area contributed by atoms with E-state index in [4.69, 9.17) is 17.3 Å². The van der Waals surface area contributed by atoms with Crippen molar-refractivity contribution in [1.29, 1.82) is 0 Å². The zero-order valence-electron chi connectivity index (χ0n) is 18.0. The first-order chi connectivity index (χ1) is 16.1. The standard InChI is InChI=1S/C22H18ClN7O3S/c1-12-17(20(23)29(27-12)14-7-4-3-5-8-14)19-18-13(2)28-30(21(18)26-22(24)25-19)15-9-6-10-16(11-15)34(31,32)33/h3-11H,1-2H3,(H2,24,25,26)(H,31,32,33). The molecule has 5 aromatic rings. The lowest BCUT2D eigenvalue weighted by Crippen LogP contribution is -2.04. The number of aromatic nitrogens is 6. The average Bonchev–Trinajstić information content (AvgIpc) is 3.29. The number of nitrogens with zero attached hydrogens (tertiary/aromatic N) is 6. The van der Waals surface area contributed by atoms with Crippen LogP contribution in [0.4, 0.5) is 5.95 Å². The Labute approximate surface area is 199 Å². The lowest BCUT2D eigenvalue weighted by Gasteiger charge is -2.07. The Morgan fingerprint density at radius 3 is 2.29 bits per heavy atom. The van der Waals surface area contributed by atoms with Crippen LogP contribution in [0.25, 0.3) is 33.7 Å². The first kappa shape index (κ1) is 22.0. The molecule has 12 heteroatoms. The van der Waals surface area contributed by atoms with Crippen LogP contribution in [0.2, 0.25) is 5.15 Å². The molecular weight excluding hydrogens is 478 g/mol. The van der Waals surface area contributed by atoms with Crippen molar-refractivity contribution in [3.8, 4) is 22.6 Å². The van der Waals surface area contributed by atoms with E-state index in [1.165, 1.54) is 22.9 Å². The van der Waals surface area contributed by atoms with Gasteiger partial charge >= 0.3 is 0 Å². The largest absolute Gasteiger partial charge is 0.368 e. The normalized spacial score (nSPS) is 11.9. The lowest BCUT2D eigenvalue weighted by atomic mass is 10.1. The van der Waals surface area contributed by atoms with Crippen molar-refractivity contribution in [2.75, 3.05) is 5.73 Å². The minimum atomic E-state index is -4.40. The lowest BCUT2D eigenvalue weighted by molar-refractivity contribution is 0.483. The van der Waals surface area contributed by atoms with Crippen LogP contribution in [0.15, 0.2) is 59.5 Å². The summed E-state index contributed by atoms with van der Waals surface area (Å²) in [6.45, 7) is 3.60. The number of aryl methyl sites for hydroxylation is 2. The molecule has 0 fully saturated rings. The summed E-state index contributed by atoms with van der Waals surface area (Å²) in [6, 6.07) is 15.2. The highest BCUT2D eigenvalue weighted by atomic mass is 35.5. The van der Waals surface area contributed by atoms with Crippen molar-refractivity contribution in [3.05, 3.63) is 71.1 Å². The second kappa shape index (κ2) is 7.90. The number of hydrogen-bond acceptors (Lipinski definition) is 7. The monoisotopic (exact) mass is 495 g/mol. The Hall–Kier alpha value is -3.80. The van der Waals surface area contributed by atoms with Gasteiger partial charge in [-0.1, -0.05) is 35.9 Å². The number of para-hydroxylation sites is 1. The molecule has 0 atom stereocenters. The van der Waals surface area contributed by atoms with Crippen LogP contribution in [-0.4, -0.2) is 42.5 Å². The van der Waals surface area contributed by atoms with E-state index in [1.54, 1.807) is 17.7 Å². The molecule has 34 heavy (non-hydrogen) atoms. The van der Waals surface area contributed by atoms with Crippen molar-refractivity contribution in [2.24, 2.45) is 0 Å². The van der Waals surface area contributed by atoms with Crippen LogP contribution in [-0.2, 0) is 10.1 Å². The van der Waals surface area contributed by atoms with Gasteiger partial charge in [0.1, 0.15) is 5.15 Å². The Morgan fingerprint density at radius 1 is 0.912 bits per heavy atom. The highest BCUT2D eigenvalue weighted by molar-refractivity contribution is 7.85. The van der Waals surface area contributed by atoms with Gasteiger partial charge in [-0.2, -0.15) is 23.6 Å². The second-order valence-corrected chi connectivity index (χ2v) is 9.38. The third-order valence-corrected chi connectivity index (χ3v) is 6.52. The predicted molar refractivity (Wildman–Crippen MR) is 128 cm³/mol. The molecule has 2 aromatic carbocycles. The fraction of sp³-hybridized carbons (Fsp3) is 0.0909. The maximum Gasteiger partial charge on any atom is 0.294 e. The zero-order chi connectivity index (χ0) is 24.2. The minimum absolute atomic E-state index is 0.0162. The van der Waals surface area contributed by atoms with E-state index >= 15 is 0 Å². The van der Waals surface area contributed by atoms with E-state index in [0.717, 1.165) is 5.69 Å². The molecule has 10 nitrogen and oxygen atoms in total. The number of benzene rings is 2. The summed E-state index contributed by atoms with van der Waals surface area (Å²) >= 11 is 6.78. The van der Waals surface area contributed by atoms with E-state index in [1.807, 2.05) is 37.3 Å². The van der Waals surface area contributed by atoms with Gasteiger partial charge in [-0.25, -0.2) is 14.3 Å². The van der Waals surface area contributed by atoms with Gasteiger partial charge < -0.3 is 5.73 Å². The molecule has 0 amide bonds. The third-order valence-electron chi connectivity index (χ3n) is 5.32. The second-order valence-electron chi connectivity index (χ2n) is 7.60. The van der Waals surface area contributed by atoms with Gasteiger partial charge in [0.15, 0.2) is 5.65 Å². The van der Waals surface area contributed by atoms with Crippen molar-refractivity contribution in [1.82, 2.24) is 29.5 Å². The molecule has 0 spiro atoms. The van der Waals surface area contributed by atoms with Gasteiger partial charge in [-0.3, -0.25) is 4.55 Å². The minimum Gasteiger partial charge on any atom is -0.368 e. The number of halogens is 1. The molecular formula is C22H18ClN7O3S.